The second-order valence-corrected chi connectivity index (χ2v) is 7.20. The van der Waals surface area contributed by atoms with Gasteiger partial charge in [0.1, 0.15) is 11.2 Å². The highest BCUT2D eigenvalue weighted by molar-refractivity contribution is 6.42. The van der Waals surface area contributed by atoms with Crippen molar-refractivity contribution in [3.63, 3.8) is 0 Å². The highest BCUT2D eigenvalue weighted by Gasteiger charge is 2.80. The molecular formula is C16H19Cl3FNO3. The Morgan fingerprint density at radius 3 is 2.67 bits per heavy atom. The molecule has 0 heterocycles. The van der Waals surface area contributed by atoms with Gasteiger partial charge in [-0.3, -0.25) is 4.79 Å². The summed E-state index contributed by atoms with van der Waals surface area (Å²) in [6.45, 7) is 1.87. The summed E-state index contributed by atoms with van der Waals surface area (Å²) in [6, 6.07) is 5.05. The number of hydrogen-bond donors (Lipinski definition) is 2. The molecule has 2 aliphatic rings. The molecule has 3 rings (SSSR count). The van der Waals surface area contributed by atoms with Crippen molar-refractivity contribution in [2.45, 2.75) is 43.7 Å². The van der Waals surface area contributed by atoms with Gasteiger partial charge in [0.05, 0.1) is 22.8 Å². The summed E-state index contributed by atoms with van der Waals surface area (Å²) in [4.78, 5) is 11.7. The van der Waals surface area contributed by atoms with E-state index in [9.17, 15) is 14.3 Å². The van der Waals surface area contributed by atoms with Crippen LogP contribution in [-0.4, -0.2) is 28.4 Å². The highest BCUT2D eigenvalue weighted by Crippen LogP contribution is 2.68. The third-order valence-electron chi connectivity index (χ3n) is 5.29. The number of halogens is 4. The van der Waals surface area contributed by atoms with E-state index < -0.39 is 29.2 Å². The Bertz CT molecular complexity index is 661. The topological polar surface area (TPSA) is 72.5 Å². The number of alkyl halides is 1. The van der Waals surface area contributed by atoms with Gasteiger partial charge in [0.15, 0.2) is 0 Å². The lowest BCUT2D eigenvalue weighted by molar-refractivity contribution is -0.152. The monoisotopic (exact) mass is 397 g/mol. The van der Waals surface area contributed by atoms with E-state index in [1.807, 2.05) is 0 Å². The number of hydrogen-bond acceptors (Lipinski definition) is 3. The first-order valence-electron chi connectivity index (χ1n) is 7.51. The van der Waals surface area contributed by atoms with Crippen molar-refractivity contribution in [2.75, 3.05) is 0 Å². The molecule has 0 amide bonds. The molecule has 0 aliphatic heterocycles. The van der Waals surface area contributed by atoms with Crippen LogP contribution in [-0.2, 0) is 16.1 Å². The Labute approximate surface area is 155 Å². The number of aliphatic carboxylic acids is 1. The summed E-state index contributed by atoms with van der Waals surface area (Å²) in [5, 5.41) is 10.4. The molecule has 4 nitrogen and oxygen atoms in total. The van der Waals surface area contributed by atoms with Crippen LogP contribution in [0.4, 0.5) is 4.39 Å². The maximum atomic E-state index is 14.6. The Kier molecular flexibility index (Phi) is 5.44. The predicted octanol–water partition coefficient (Wildman–Crippen LogP) is 3.85. The van der Waals surface area contributed by atoms with Crippen LogP contribution >= 0.6 is 35.6 Å². The second-order valence-electron chi connectivity index (χ2n) is 6.39. The Morgan fingerprint density at radius 1 is 1.46 bits per heavy atom. The normalized spacial score (nSPS) is 36.8. The van der Waals surface area contributed by atoms with Crippen molar-refractivity contribution >= 4 is 41.6 Å². The molecule has 0 unspecified atom stereocenters. The molecular weight excluding hydrogens is 380 g/mol. The number of benzene rings is 1. The number of nitrogens with two attached hydrogens (primary N) is 1. The molecule has 134 valence electrons. The number of carboxylic acids is 1. The molecule has 1 aromatic carbocycles. The second kappa shape index (κ2) is 6.61. The summed E-state index contributed by atoms with van der Waals surface area (Å²) in [6.07, 6.45) is -0.132. The van der Waals surface area contributed by atoms with Gasteiger partial charge in [-0.15, -0.1) is 12.4 Å². The van der Waals surface area contributed by atoms with Crippen LogP contribution in [0.2, 0.25) is 10.0 Å². The van der Waals surface area contributed by atoms with Crippen molar-refractivity contribution in [2.24, 2.45) is 17.6 Å². The average molecular weight is 399 g/mol. The Morgan fingerprint density at radius 2 is 2.12 bits per heavy atom. The zero-order valence-corrected chi connectivity index (χ0v) is 15.3. The number of rotatable bonds is 5. The summed E-state index contributed by atoms with van der Waals surface area (Å²) in [5.74, 6) is -2.24. The van der Waals surface area contributed by atoms with Gasteiger partial charge in [-0.2, -0.15) is 0 Å². The lowest BCUT2D eigenvalue weighted by Crippen LogP contribution is -2.59. The molecule has 5 atom stereocenters. The minimum Gasteiger partial charge on any atom is -0.480 e. The summed E-state index contributed by atoms with van der Waals surface area (Å²) in [5.41, 5.74) is 3.68. The summed E-state index contributed by atoms with van der Waals surface area (Å²) >= 11 is 11.8. The predicted molar refractivity (Wildman–Crippen MR) is 92.6 cm³/mol. The molecule has 3 N–H and O–H groups in total. The first-order chi connectivity index (χ1) is 10.7. The minimum atomic E-state index is -1.69. The molecule has 0 bridgehead atoms. The first kappa shape index (κ1) is 19.7. The Balaban J connectivity index is 0.00000208. The van der Waals surface area contributed by atoms with Crippen LogP contribution in [0, 0.1) is 11.8 Å². The summed E-state index contributed by atoms with van der Waals surface area (Å²) < 4.78 is 20.3. The molecule has 0 spiro atoms. The van der Waals surface area contributed by atoms with E-state index in [2.05, 4.69) is 0 Å². The summed E-state index contributed by atoms with van der Waals surface area (Å²) in [7, 11) is 0. The zero-order chi connectivity index (χ0) is 17.0. The van der Waals surface area contributed by atoms with Crippen molar-refractivity contribution < 1.29 is 19.0 Å². The SMILES string of the molecule is CC[C@@]1(F)[C@@H]2C[C@@H](OCc3ccc(Cl)c(Cl)c3)[C@@](N)(C(=O)O)[C@@H]21.Cl. The standard InChI is InChI=1S/C16H18Cl2FNO3.ClH/c1-2-15(19)9-6-12(16(20,13(9)15)14(21)22)23-7-8-3-4-10(17)11(18)5-8;/h3-5,9,12-13H,2,6-7,20H2,1H3,(H,21,22);1H/t9-,12-,13+,15-,16+;/m1./s1. The van der Waals surface area contributed by atoms with Gasteiger partial charge < -0.3 is 15.6 Å². The lowest BCUT2D eigenvalue weighted by Gasteiger charge is -2.32. The van der Waals surface area contributed by atoms with Crippen molar-refractivity contribution in [3.05, 3.63) is 33.8 Å². The quantitative estimate of drug-likeness (QED) is 0.790. The van der Waals surface area contributed by atoms with Crippen molar-refractivity contribution in [1.82, 2.24) is 0 Å². The van der Waals surface area contributed by atoms with Gasteiger partial charge in [-0.1, -0.05) is 36.2 Å². The van der Waals surface area contributed by atoms with E-state index in [-0.39, 0.29) is 31.4 Å². The minimum absolute atomic E-state index is 0. The van der Waals surface area contributed by atoms with Gasteiger partial charge in [0.25, 0.3) is 0 Å². The maximum absolute atomic E-state index is 14.6. The number of carboxylic acid groups (broad SMARTS) is 1. The van der Waals surface area contributed by atoms with E-state index in [0.717, 1.165) is 5.56 Å². The first-order valence-corrected chi connectivity index (χ1v) is 8.27. The van der Waals surface area contributed by atoms with E-state index >= 15 is 0 Å². The van der Waals surface area contributed by atoms with Crippen molar-refractivity contribution in [1.29, 1.82) is 0 Å². The molecule has 0 aromatic heterocycles. The lowest BCUT2D eigenvalue weighted by atomic mass is 9.87. The van der Waals surface area contributed by atoms with E-state index in [1.165, 1.54) is 0 Å². The fraction of sp³-hybridized carbons (Fsp3) is 0.562. The fourth-order valence-electron chi connectivity index (χ4n) is 3.96. The number of carbonyl (C=O) groups is 1. The average Bonchev–Trinajstić information content (AvgIpc) is 2.96. The van der Waals surface area contributed by atoms with Gasteiger partial charge in [0.2, 0.25) is 0 Å². The van der Waals surface area contributed by atoms with Gasteiger partial charge >= 0.3 is 5.97 Å². The molecule has 8 heteroatoms. The van der Waals surface area contributed by atoms with Gasteiger partial charge in [-0.25, -0.2) is 4.39 Å². The Hall–Kier alpha value is -0.590. The van der Waals surface area contributed by atoms with Crippen LogP contribution < -0.4 is 5.73 Å². The largest absolute Gasteiger partial charge is 0.480 e. The van der Waals surface area contributed by atoms with Crippen LogP contribution in [0.1, 0.15) is 25.3 Å². The fourth-order valence-corrected chi connectivity index (χ4v) is 4.28. The van der Waals surface area contributed by atoms with Gasteiger partial charge in [0, 0.05) is 11.8 Å². The van der Waals surface area contributed by atoms with E-state index in [0.29, 0.717) is 16.5 Å². The number of ether oxygens (including phenoxy) is 1. The van der Waals surface area contributed by atoms with Crippen LogP contribution in [0.3, 0.4) is 0 Å². The molecule has 2 aliphatic carbocycles. The third-order valence-corrected chi connectivity index (χ3v) is 6.03. The van der Waals surface area contributed by atoms with Gasteiger partial charge in [-0.05, 0) is 30.5 Å². The maximum Gasteiger partial charge on any atom is 0.326 e. The zero-order valence-electron chi connectivity index (χ0n) is 13.0. The van der Waals surface area contributed by atoms with E-state index in [1.54, 1.807) is 25.1 Å². The molecule has 0 saturated heterocycles. The smallest absolute Gasteiger partial charge is 0.326 e. The molecule has 24 heavy (non-hydrogen) atoms. The molecule has 0 radical (unpaired) electrons. The molecule has 2 saturated carbocycles. The van der Waals surface area contributed by atoms with Crippen LogP contribution in [0.15, 0.2) is 18.2 Å². The number of fused-ring (bicyclic) bond motifs is 1. The molecule has 1 aromatic rings. The molecule has 2 fully saturated rings. The third kappa shape index (κ3) is 2.80. The van der Waals surface area contributed by atoms with Crippen molar-refractivity contribution in [3.8, 4) is 0 Å². The van der Waals surface area contributed by atoms with Crippen LogP contribution in [0.5, 0.6) is 0 Å². The van der Waals surface area contributed by atoms with E-state index in [4.69, 9.17) is 33.7 Å². The van der Waals surface area contributed by atoms with Crippen LogP contribution in [0.25, 0.3) is 0 Å². The highest BCUT2D eigenvalue weighted by atomic mass is 35.5.